The molecule has 3 unspecified atom stereocenters. The molecule has 2 aromatic carbocycles. The number of rotatable bonds is 4. The van der Waals surface area contributed by atoms with Crippen LogP contribution in [0, 0.1) is 0 Å². The molecule has 1 aliphatic heterocycles. The van der Waals surface area contributed by atoms with Crippen LogP contribution >= 0.6 is 0 Å². The number of hydrazine groups is 1. The summed E-state index contributed by atoms with van der Waals surface area (Å²) >= 11 is 0. The maximum absolute atomic E-state index is 12.5. The molecular weight excluding hydrogens is 300 g/mol. The molecule has 1 aliphatic rings. The number of carbonyl (C=O) groups excluding carboxylic acids is 1. The highest BCUT2D eigenvalue weighted by molar-refractivity contribution is 5.94. The highest BCUT2D eigenvalue weighted by atomic mass is 16.1. The van der Waals surface area contributed by atoms with Crippen LogP contribution < -0.4 is 21.1 Å². The zero-order valence-electron chi connectivity index (χ0n) is 14.3. The number of hydrogen-bond donors (Lipinski definition) is 3. The van der Waals surface area contributed by atoms with Crippen molar-refractivity contribution in [3.05, 3.63) is 65.7 Å². The lowest BCUT2D eigenvalue weighted by Crippen LogP contribution is -2.44. The molecule has 1 saturated heterocycles. The summed E-state index contributed by atoms with van der Waals surface area (Å²) in [5.41, 5.74) is 9.53. The van der Waals surface area contributed by atoms with E-state index in [0.717, 1.165) is 11.3 Å². The van der Waals surface area contributed by atoms with Crippen molar-refractivity contribution in [3.63, 3.8) is 0 Å². The Morgan fingerprint density at radius 2 is 1.79 bits per heavy atom. The zero-order valence-corrected chi connectivity index (χ0v) is 14.3. The number of amides is 1. The van der Waals surface area contributed by atoms with Crippen LogP contribution in [-0.2, 0) is 0 Å². The molecule has 126 valence electrons. The first-order valence-electron chi connectivity index (χ1n) is 8.20. The van der Waals surface area contributed by atoms with Crippen LogP contribution in [0.5, 0.6) is 0 Å². The van der Waals surface area contributed by atoms with Crippen molar-refractivity contribution in [2.24, 2.45) is 0 Å². The fourth-order valence-corrected chi connectivity index (χ4v) is 3.01. The SMILES string of the molecule is CC1NNC(c2cccc(N(C)C)c2)C1NC(=O)c1ccccc1. The minimum atomic E-state index is -0.0493. The summed E-state index contributed by atoms with van der Waals surface area (Å²) in [4.78, 5) is 14.6. The second-order valence-electron chi connectivity index (χ2n) is 6.41. The first-order chi connectivity index (χ1) is 11.6. The molecule has 2 aromatic rings. The van der Waals surface area contributed by atoms with E-state index in [0.29, 0.717) is 5.56 Å². The molecule has 1 fully saturated rings. The fraction of sp³-hybridized carbons (Fsp3) is 0.316. The molecule has 3 N–H and O–H groups in total. The Morgan fingerprint density at radius 3 is 2.50 bits per heavy atom. The van der Waals surface area contributed by atoms with Crippen LogP contribution in [0.4, 0.5) is 5.69 Å². The van der Waals surface area contributed by atoms with Crippen molar-refractivity contribution in [2.75, 3.05) is 19.0 Å². The van der Waals surface area contributed by atoms with Gasteiger partial charge in [-0.05, 0) is 36.8 Å². The Kier molecular flexibility index (Phi) is 4.83. The van der Waals surface area contributed by atoms with Gasteiger partial charge in [0.05, 0.1) is 12.1 Å². The van der Waals surface area contributed by atoms with Gasteiger partial charge in [-0.2, -0.15) is 0 Å². The van der Waals surface area contributed by atoms with Gasteiger partial charge in [0.25, 0.3) is 5.91 Å². The summed E-state index contributed by atoms with van der Waals surface area (Å²) in [5.74, 6) is -0.0493. The molecule has 5 heteroatoms. The van der Waals surface area contributed by atoms with Crippen molar-refractivity contribution in [1.82, 2.24) is 16.2 Å². The Labute approximate surface area is 143 Å². The van der Waals surface area contributed by atoms with E-state index in [4.69, 9.17) is 0 Å². The summed E-state index contributed by atoms with van der Waals surface area (Å²) in [7, 11) is 4.05. The third-order valence-corrected chi connectivity index (χ3v) is 4.44. The number of nitrogens with zero attached hydrogens (tertiary/aromatic N) is 1. The average Bonchev–Trinajstić information content (AvgIpc) is 2.96. The molecule has 0 saturated carbocycles. The van der Waals surface area contributed by atoms with Gasteiger partial charge >= 0.3 is 0 Å². The molecule has 5 nitrogen and oxygen atoms in total. The molecule has 0 bridgehead atoms. The van der Waals surface area contributed by atoms with E-state index in [1.165, 1.54) is 0 Å². The first kappa shape index (κ1) is 16.5. The second kappa shape index (κ2) is 7.03. The van der Waals surface area contributed by atoms with E-state index >= 15 is 0 Å². The van der Waals surface area contributed by atoms with Crippen LogP contribution in [0.3, 0.4) is 0 Å². The van der Waals surface area contributed by atoms with Crippen molar-refractivity contribution >= 4 is 11.6 Å². The monoisotopic (exact) mass is 324 g/mol. The lowest BCUT2D eigenvalue weighted by molar-refractivity contribution is 0.0930. The Bertz CT molecular complexity index is 702. The normalized spacial score (nSPS) is 23.0. The summed E-state index contributed by atoms with van der Waals surface area (Å²) in [5, 5.41) is 3.16. The van der Waals surface area contributed by atoms with Crippen LogP contribution in [0.15, 0.2) is 54.6 Å². The average molecular weight is 324 g/mol. The summed E-state index contributed by atoms with van der Waals surface area (Å²) < 4.78 is 0. The van der Waals surface area contributed by atoms with Gasteiger partial charge in [-0.3, -0.25) is 10.2 Å². The predicted molar refractivity (Wildman–Crippen MR) is 96.9 cm³/mol. The van der Waals surface area contributed by atoms with Gasteiger partial charge in [0.2, 0.25) is 0 Å². The standard InChI is InChI=1S/C19H24N4O/c1-13-17(20-19(24)14-8-5-4-6-9-14)18(22-21-13)15-10-7-11-16(12-15)23(2)3/h4-13,17-18,21-22H,1-3H3,(H,20,24). The number of benzene rings is 2. The van der Waals surface area contributed by atoms with Crippen molar-refractivity contribution in [3.8, 4) is 0 Å². The number of anilines is 1. The molecular formula is C19H24N4O. The number of hydrogen-bond acceptors (Lipinski definition) is 4. The van der Waals surface area contributed by atoms with Crippen LogP contribution in [0.25, 0.3) is 0 Å². The van der Waals surface area contributed by atoms with Crippen molar-refractivity contribution < 1.29 is 4.79 Å². The topological polar surface area (TPSA) is 56.4 Å². The zero-order chi connectivity index (χ0) is 17.1. The molecule has 3 atom stereocenters. The molecule has 3 rings (SSSR count). The summed E-state index contributed by atoms with van der Waals surface area (Å²) in [6.07, 6.45) is 0. The van der Waals surface area contributed by atoms with Crippen molar-refractivity contribution in [2.45, 2.75) is 25.0 Å². The number of nitrogens with one attached hydrogen (secondary N) is 3. The van der Waals surface area contributed by atoms with Gasteiger partial charge in [-0.1, -0.05) is 30.3 Å². The van der Waals surface area contributed by atoms with Gasteiger partial charge in [-0.15, -0.1) is 0 Å². The van der Waals surface area contributed by atoms with Gasteiger partial charge in [0.1, 0.15) is 0 Å². The van der Waals surface area contributed by atoms with E-state index in [1.807, 2.05) is 50.5 Å². The molecule has 0 aromatic heterocycles. The quantitative estimate of drug-likeness (QED) is 0.806. The minimum Gasteiger partial charge on any atom is -0.378 e. The highest BCUT2D eigenvalue weighted by Gasteiger charge is 2.35. The van der Waals surface area contributed by atoms with Crippen LogP contribution in [0.2, 0.25) is 0 Å². The van der Waals surface area contributed by atoms with Crippen LogP contribution in [0.1, 0.15) is 28.9 Å². The molecule has 0 spiro atoms. The van der Waals surface area contributed by atoms with E-state index in [-0.39, 0.29) is 24.0 Å². The predicted octanol–water partition coefficient (Wildman–Crippen LogP) is 2.09. The van der Waals surface area contributed by atoms with E-state index in [1.54, 1.807) is 0 Å². The third-order valence-electron chi connectivity index (χ3n) is 4.44. The van der Waals surface area contributed by atoms with E-state index in [9.17, 15) is 4.79 Å². The summed E-state index contributed by atoms with van der Waals surface area (Å²) in [6.45, 7) is 2.07. The molecule has 24 heavy (non-hydrogen) atoms. The van der Waals surface area contributed by atoms with Gasteiger partial charge in [-0.25, -0.2) is 5.43 Å². The Balaban J connectivity index is 1.81. The Morgan fingerprint density at radius 1 is 1.04 bits per heavy atom. The molecule has 0 aliphatic carbocycles. The molecule has 1 amide bonds. The van der Waals surface area contributed by atoms with Crippen molar-refractivity contribution in [1.29, 1.82) is 0 Å². The maximum Gasteiger partial charge on any atom is 0.251 e. The summed E-state index contributed by atoms with van der Waals surface area (Å²) in [6, 6.07) is 17.8. The highest BCUT2D eigenvalue weighted by Crippen LogP contribution is 2.26. The largest absolute Gasteiger partial charge is 0.378 e. The second-order valence-corrected chi connectivity index (χ2v) is 6.41. The van der Waals surface area contributed by atoms with Gasteiger partial charge in [0.15, 0.2) is 0 Å². The van der Waals surface area contributed by atoms with E-state index < -0.39 is 0 Å². The molecule has 1 heterocycles. The third kappa shape index (κ3) is 3.42. The first-order valence-corrected chi connectivity index (χ1v) is 8.20. The smallest absolute Gasteiger partial charge is 0.251 e. The maximum atomic E-state index is 12.5. The molecule has 0 radical (unpaired) electrons. The lowest BCUT2D eigenvalue weighted by atomic mass is 9.96. The fourth-order valence-electron chi connectivity index (χ4n) is 3.01. The number of carbonyl (C=O) groups is 1. The Hall–Kier alpha value is -2.37. The lowest BCUT2D eigenvalue weighted by Gasteiger charge is -2.24. The van der Waals surface area contributed by atoms with E-state index in [2.05, 4.69) is 46.2 Å². The van der Waals surface area contributed by atoms with Gasteiger partial charge in [0, 0.05) is 31.4 Å². The van der Waals surface area contributed by atoms with Gasteiger partial charge < -0.3 is 10.2 Å². The minimum absolute atomic E-state index is 0.0209. The van der Waals surface area contributed by atoms with Crippen LogP contribution in [-0.4, -0.2) is 32.1 Å².